The van der Waals surface area contributed by atoms with Gasteiger partial charge in [-0.05, 0) is 37.1 Å². The average Bonchev–Trinajstić information content (AvgIpc) is 2.31. The number of rotatable bonds is 7. The molecule has 1 atom stereocenters. The second-order valence-corrected chi connectivity index (χ2v) is 5.84. The van der Waals surface area contributed by atoms with Gasteiger partial charge in [0.05, 0.1) is 0 Å². The Hall–Kier alpha value is -0.430. The first-order valence-corrected chi connectivity index (χ1v) is 7.40. The molecule has 0 radical (unpaired) electrons. The first kappa shape index (κ1) is 13.6. The van der Waals surface area contributed by atoms with Gasteiger partial charge in [0.15, 0.2) is 0 Å². The predicted molar refractivity (Wildman–Crippen MR) is 75.2 cm³/mol. The molecule has 0 N–H and O–H groups in total. The summed E-state index contributed by atoms with van der Waals surface area (Å²) in [4.78, 5) is 1.41. The highest BCUT2D eigenvalue weighted by Crippen LogP contribution is 2.21. The molecule has 1 rings (SSSR count). The Morgan fingerprint density at radius 1 is 1.12 bits per heavy atom. The zero-order valence-corrected chi connectivity index (χ0v) is 11.6. The van der Waals surface area contributed by atoms with Crippen molar-refractivity contribution in [1.29, 1.82) is 0 Å². The second kappa shape index (κ2) is 7.78. The molecule has 0 aromatic heterocycles. The molecule has 0 aliphatic carbocycles. The fourth-order valence-corrected chi connectivity index (χ4v) is 2.54. The maximum absolute atomic E-state index is 2.35. The lowest BCUT2D eigenvalue weighted by atomic mass is 10.0. The van der Waals surface area contributed by atoms with Crippen molar-refractivity contribution >= 4 is 11.8 Å². The van der Waals surface area contributed by atoms with Crippen LogP contribution in [0.4, 0.5) is 0 Å². The van der Waals surface area contributed by atoms with Crippen molar-refractivity contribution in [3.8, 4) is 0 Å². The molecule has 1 aromatic rings. The van der Waals surface area contributed by atoms with Crippen LogP contribution in [-0.4, -0.2) is 5.75 Å². The Bertz CT molecular complexity index is 276. The third-order valence-corrected chi connectivity index (χ3v) is 4.18. The Labute approximate surface area is 105 Å². The fourth-order valence-electron chi connectivity index (χ4n) is 1.62. The van der Waals surface area contributed by atoms with Crippen LogP contribution in [0.5, 0.6) is 0 Å². The van der Waals surface area contributed by atoms with Crippen LogP contribution in [0.1, 0.15) is 45.1 Å². The van der Waals surface area contributed by atoms with Crippen molar-refractivity contribution in [2.45, 2.75) is 51.3 Å². The van der Waals surface area contributed by atoms with Crippen molar-refractivity contribution in [2.24, 2.45) is 5.92 Å². The quantitative estimate of drug-likeness (QED) is 0.457. The molecule has 1 heteroatoms. The maximum atomic E-state index is 2.35. The number of benzene rings is 1. The van der Waals surface area contributed by atoms with Gasteiger partial charge in [-0.2, -0.15) is 0 Å². The van der Waals surface area contributed by atoms with E-state index in [1.807, 2.05) is 11.8 Å². The van der Waals surface area contributed by atoms with Crippen LogP contribution in [0.15, 0.2) is 29.2 Å². The van der Waals surface area contributed by atoms with E-state index < -0.39 is 0 Å². The minimum atomic E-state index is 0.907. The van der Waals surface area contributed by atoms with Gasteiger partial charge in [0, 0.05) is 4.90 Å². The van der Waals surface area contributed by atoms with E-state index in [9.17, 15) is 0 Å². The van der Waals surface area contributed by atoms with E-state index in [0.29, 0.717) is 0 Å². The van der Waals surface area contributed by atoms with Crippen LogP contribution in [0, 0.1) is 12.8 Å². The first-order chi connectivity index (χ1) is 7.72. The smallest absolute Gasteiger partial charge is 0.00721 e. The molecule has 0 nitrogen and oxygen atoms in total. The Morgan fingerprint density at radius 2 is 1.81 bits per heavy atom. The molecular weight excluding hydrogens is 212 g/mol. The molecule has 16 heavy (non-hydrogen) atoms. The van der Waals surface area contributed by atoms with Crippen LogP contribution in [0.3, 0.4) is 0 Å². The Balaban J connectivity index is 2.09. The third kappa shape index (κ3) is 5.60. The van der Waals surface area contributed by atoms with Crippen molar-refractivity contribution in [2.75, 3.05) is 5.75 Å². The van der Waals surface area contributed by atoms with Gasteiger partial charge < -0.3 is 0 Å². The van der Waals surface area contributed by atoms with E-state index in [-0.39, 0.29) is 0 Å². The van der Waals surface area contributed by atoms with E-state index in [2.05, 4.69) is 45.0 Å². The standard InChI is InChI=1S/C15H24S/c1-4-13(2)7-5-6-12-16-15-10-8-14(3)9-11-15/h8-11,13H,4-7,12H2,1-3H3. The molecule has 1 aromatic carbocycles. The van der Waals surface area contributed by atoms with E-state index in [4.69, 9.17) is 0 Å². The topological polar surface area (TPSA) is 0 Å². The second-order valence-electron chi connectivity index (χ2n) is 4.67. The number of aryl methyl sites for hydroxylation is 1. The van der Waals surface area contributed by atoms with Gasteiger partial charge in [-0.1, -0.05) is 50.8 Å². The normalized spacial score (nSPS) is 12.7. The molecule has 0 bridgehead atoms. The molecule has 0 aliphatic heterocycles. The summed E-state index contributed by atoms with van der Waals surface area (Å²) in [6, 6.07) is 8.85. The van der Waals surface area contributed by atoms with E-state index >= 15 is 0 Å². The highest BCUT2D eigenvalue weighted by molar-refractivity contribution is 7.99. The Morgan fingerprint density at radius 3 is 2.44 bits per heavy atom. The van der Waals surface area contributed by atoms with E-state index in [1.54, 1.807) is 0 Å². The van der Waals surface area contributed by atoms with Gasteiger partial charge >= 0.3 is 0 Å². The molecule has 1 unspecified atom stereocenters. The largest absolute Gasteiger partial charge is 0.126 e. The van der Waals surface area contributed by atoms with Gasteiger partial charge in [-0.3, -0.25) is 0 Å². The predicted octanol–water partition coefficient (Wildman–Crippen LogP) is 5.30. The summed E-state index contributed by atoms with van der Waals surface area (Å²) in [6.45, 7) is 6.78. The Kier molecular flexibility index (Phi) is 6.63. The lowest BCUT2D eigenvalue weighted by Gasteiger charge is -2.07. The lowest BCUT2D eigenvalue weighted by molar-refractivity contribution is 0.493. The summed E-state index contributed by atoms with van der Waals surface area (Å²) < 4.78 is 0. The summed E-state index contributed by atoms with van der Waals surface area (Å²) in [7, 11) is 0. The van der Waals surface area contributed by atoms with Gasteiger partial charge in [-0.25, -0.2) is 0 Å². The SMILES string of the molecule is CCC(C)CCCCSc1ccc(C)cc1. The zero-order chi connectivity index (χ0) is 11.8. The third-order valence-electron chi connectivity index (χ3n) is 3.08. The molecule has 0 amide bonds. The minimum absolute atomic E-state index is 0.907. The van der Waals surface area contributed by atoms with Crippen molar-refractivity contribution < 1.29 is 0 Å². The lowest BCUT2D eigenvalue weighted by Crippen LogP contribution is -1.92. The van der Waals surface area contributed by atoms with Crippen molar-refractivity contribution in [1.82, 2.24) is 0 Å². The van der Waals surface area contributed by atoms with Gasteiger partial charge in [0.25, 0.3) is 0 Å². The zero-order valence-electron chi connectivity index (χ0n) is 10.8. The molecule has 90 valence electrons. The number of hydrogen-bond donors (Lipinski definition) is 0. The van der Waals surface area contributed by atoms with Crippen LogP contribution < -0.4 is 0 Å². The first-order valence-electron chi connectivity index (χ1n) is 6.42. The molecule has 0 fully saturated rings. The molecule has 0 saturated carbocycles. The summed E-state index contributed by atoms with van der Waals surface area (Å²) >= 11 is 1.99. The number of thioether (sulfide) groups is 1. The van der Waals surface area contributed by atoms with Crippen LogP contribution >= 0.6 is 11.8 Å². The maximum Gasteiger partial charge on any atom is 0.00721 e. The monoisotopic (exact) mass is 236 g/mol. The van der Waals surface area contributed by atoms with Crippen molar-refractivity contribution in [3.05, 3.63) is 29.8 Å². The highest BCUT2D eigenvalue weighted by Gasteiger charge is 1.98. The van der Waals surface area contributed by atoms with Crippen molar-refractivity contribution in [3.63, 3.8) is 0 Å². The average molecular weight is 236 g/mol. The molecule has 0 aliphatic rings. The van der Waals surface area contributed by atoms with Gasteiger partial charge in [-0.15, -0.1) is 11.8 Å². The summed E-state index contributed by atoms with van der Waals surface area (Å²) in [5.41, 5.74) is 1.35. The highest BCUT2D eigenvalue weighted by atomic mass is 32.2. The molecule has 0 heterocycles. The van der Waals surface area contributed by atoms with Gasteiger partial charge in [0.1, 0.15) is 0 Å². The van der Waals surface area contributed by atoms with Crippen LogP contribution in [0.25, 0.3) is 0 Å². The summed E-state index contributed by atoms with van der Waals surface area (Å²) in [5.74, 6) is 2.17. The van der Waals surface area contributed by atoms with Gasteiger partial charge in [0.2, 0.25) is 0 Å². The van der Waals surface area contributed by atoms with Crippen LogP contribution in [-0.2, 0) is 0 Å². The molecule has 0 spiro atoms. The van der Waals surface area contributed by atoms with Crippen LogP contribution in [0.2, 0.25) is 0 Å². The number of unbranched alkanes of at least 4 members (excludes halogenated alkanes) is 1. The summed E-state index contributed by atoms with van der Waals surface area (Å²) in [6.07, 6.45) is 5.45. The molecule has 0 saturated heterocycles. The number of hydrogen-bond acceptors (Lipinski definition) is 1. The minimum Gasteiger partial charge on any atom is -0.126 e. The van der Waals surface area contributed by atoms with E-state index in [0.717, 1.165) is 5.92 Å². The van der Waals surface area contributed by atoms with E-state index in [1.165, 1.54) is 41.9 Å². The fraction of sp³-hybridized carbons (Fsp3) is 0.600. The summed E-state index contributed by atoms with van der Waals surface area (Å²) in [5, 5.41) is 0. The molecular formula is C15H24S.